The van der Waals surface area contributed by atoms with E-state index in [1.165, 1.54) is 16.4 Å². The van der Waals surface area contributed by atoms with Crippen molar-refractivity contribution in [3.63, 3.8) is 0 Å². The lowest BCUT2D eigenvalue weighted by Crippen LogP contribution is -2.30. The van der Waals surface area contributed by atoms with Crippen LogP contribution in [0.4, 0.5) is 5.69 Å². The Morgan fingerprint density at radius 1 is 1.14 bits per heavy atom. The van der Waals surface area contributed by atoms with Gasteiger partial charge in [0.15, 0.2) is 5.65 Å². The summed E-state index contributed by atoms with van der Waals surface area (Å²) >= 11 is 7.45. The van der Waals surface area contributed by atoms with E-state index in [2.05, 4.69) is 25.5 Å². The first kappa shape index (κ1) is 25.2. The molecule has 2 heterocycles. The van der Waals surface area contributed by atoms with Crippen LogP contribution in [0.2, 0.25) is 5.02 Å². The van der Waals surface area contributed by atoms with Crippen molar-refractivity contribution in [2.45, 2.75) is 23.9 Å². The number of aromatic amines is 1. The lowest BCUT2D eigenvalue weighted by molar-refractivity contribution is -0.113. The van der Waals surface area contributed by atoms with Crippen molar-refractivity contribution in [1.82, 2.24) is 24.5 Å². The number of carbonyl (C=O) groups excluding carboxylic acids is 1. The van der Waals surface area contributed by atoms with Gasteiger partial charge in [0.25, 0.3) is 0 Å². The highest BCUT2D eigenvalue weighted by Crippen LogP contribution is 2.35. The second-order valence-electron chi connectivity index (χ2n) is 7.37. The first-order chi connectivity index (χ1) is 16.8. The average molecular weight is 535 g/mol. The molecule has 0 aliphatic carbocycles. The van der Waals surface area contributed by atoms with Crippen LogP contribution in [0, 0.1) is 0 Å². The number of carbonyl (C=O) groups is 1. The highest BCUT2D eigenvalue weighted by atomic mass is 35.5. The van der Waals surface area contributed by atoms with Gasteiger partial charge < -0.3 is 15.0 Å². The van der Waals surface area contributed by atoms with E-state index < -0.39 is 10.0 Å². The van der Waals surface area contributed by atoms with Gasteiger partial charge in [-0.2, -0.15) is 4.31 Å². The van der Waals surface area contributed by atoms with Crippen LogP contribution < -0.4 is 10.1 Å². The average Bonchev–Trinajstić information content (AvgIpc) is 3.23. The normalized spacial score (nSPS) is 11.9. The summed E-state index contributed by atoms with van der Waals surface area (Å²) in [7, 11) is -1.99. The van der Waals surface area contributed by atoms with Gasteiger partial charge in [-0.15, -0.1) is 10.2 Å². The van der Waals surface area contributed by atoms with E-state index in [-0.39, 0.29) is 16.6 Å². The zero-order chi connectivity index (χ0) is 25.2. The molecule has 4 rings (SSSR count). The SMILES string of the molecule is CCN(CC)S(=O)(=O)c1ccc(NC(=O)CSc2nnc3c(n2)[nH]c2c(OC)ccc(Cl)c23)cc1. The molecule has 0 saturated carbocycles. The molecule has 2 aromatic carbocycles. The first-order valence-electron chi connectivity index (χ1n) is 10.7. The van der Waals surface area contributed by atoms with Crippen LogP contribution in [0.25, 0.3) is 22.1 Å². The second-order valence-corrected chi connectivity index (χ2v) is 10.7. The molecule has 35 heavy (non-hydrogen) atoms. The quantitative estimate of drug-likeness (QED) is 0.309. The fourth-order valence-electron chi connectivity index (χ4n) is 3.58. The zero-order valence-corrected chi connectivity index (χ0v) is 21.6. The van der Waals surface area contributed by atoms with E-state index in [9.17, 15) is 13.2 Å². The molecular weight excluding hydrogens is 512 g/mol. The van der Waals surface area contributed by atoms with Gasteiger partial charge in [-0.05, 0) is 36.4 Å². The van der Waals surface area contributed by atoms with E-state index in [1.54, 1.807) is 45.2 Å². The van der Waals surface area contributed by atoms with Crippen molar-refractivity contribution in [2.75, 3.05) is 31.3 Å². The Bertz CT molecular complexity index is 1490. The smallest absolute Gasteiger partial charge is 0.243 e. The summed E-state index contributed by atoms with van der Waals surface area (Å²) in [6.07, 6.45) is 0. The van der Waals surface area contributed by atoms with Gasteiger partial charge in [-0.3, -0.25) is 4.79 Å². The maximum Gasteiger partial charge on any atom is 0.243 e. The molecule has 2 N–H and O–H groups in total. The maximum absolute atomic E-state index is 12.6. The van der Waals surface area contributed by atoms with Crippen LogP contribution in [0.15, 0.2) is 46.5 Å². The molecule has 2 aromatic heterocycles. The molecular formula is C22H23ClN6O4S2. The number of nitrogens with one attached hydrogen (secondary N) is 2. The molecule has 0 spiro atoms. The summed E-state index contributed by atoms with van der Waals surface area (Å²) in [6, 6.07) is 9.55. The predicted octanol–water partition coefficient (Wildman–Crippen LogP) is 3.93. The Kier molecular flexibility index (Phi) is 7.45. The van der Waals surface area contributed by atoms with E-state index >= 15 is 0 Å². The number of nitrogens with zero attached hydrogens (tertiary/aromatic N) is 4. The van der Waals surface area contributed by atoms with Crippen molar-refractivity contribution >= 4 is 67.0 Å². The number of benzene rings is 2. The fourth-order valence-corrected chi connectivity index (χ4v) is 5.87. The standard InChI is InChI=1S/C22H23ClN6O4S2/c1-4-29(5-2)35(31,32)14-8-6-13(7-9-14)24-17(30)12-34-22-26-21-20(27-28-22)18-15(23)10-11-16(33-3)19(18)25-21/h6-11H,4-5,12H2,1-3H3,(H,24,30)(H,25,26,28). The Hall–Kier alpha value is -2.93. The Balaban J connectivity index is 1.43. The molecule has 0 aliphatic heterocycles. The fraction of sp³-hybridized carbons (Fsp3) is 0.273. The molecule has 0 fully saturated rings. The summed E-state index contributed by atoms with van der Waals surface area (Å²) in [5, 5.41) is 12.6. The molecule has 10 nitrogen and oxygen atoms in total. The minimum Gasteiger partial charge on any atom is -0.495 e. The number of rotatable bonds is 9. The van der Waals surface area contributed by atoms with Crippen LogP contribution in [-0.2, 0) is 14.8 Å². The highest BCUT2D eigenvalue weighted by Gasteiger charge is 2.21. The van der Waals surface area contributed by atoms with E-state index in [4.69, 9.17) is 16.3 Å². The van der Waals surface area contributed by atoms with Gasteiger partial charge >= 0.3 is 0 Å². The van der Waals surface area contributed by atoms with E-state index in [1.807, 2.05) is 0 Å². The van der Waals surface area contributed by atoms with Gasteiger partial charge in [0, 0.05) is 18.8 Å². The number of aromatic nitrogens is 4. The van der Waals surface area contributed by atoms with Gasteiger partial charge in [0.1, 0.15) is 11.3 Å². The second kappa shape index (κ2) is 10.4. The molecule has 0 radical (unpaired) electrons. The molecule has 0 aliphatic rings. The number of H-pyrrole nitrogens is 1. The Morgan fingerprint density at radius 3 is 2.51 bits per heavy atom. The third-order valence-corrected chi connectivity index (χ3v) is 8.51. The topological polar surface area (TPSA) is 130 Å². The van der Waals surface area contributed by atoms with Gasteiger partial charge in [-0.25, -0.2) is 13.4 Å². The molecule has 0 bridgehead atoms. The number of hydrogen-bond acceptors (Lipinski definition) is 8. The van der Waals surface area contributed by atoms with Gasteiger partial charge in [-0.1, -0.05) is 37.2 Å². The number of halogens is 1. The van der Waals surface area contributed by atoms with Crippen molar-refractivity contribution in [1.29, 1.82) is 0 Å². The summed E-state index contributed by atoms with van der Waals surface area (Å²) in [5.74, 6) is 0.352. The molecule has 0 unspecified atom stereocenters. The molecule has 4 aromatic rings. The van der Waals surface area contributed by atoms with Gasteiger partial charge in [0.05, 0.1) is 33.7 Å². The minimum atomic E-state index is -3.55. The number of amides is 1. The third-order valence-electron chi connectivity index (χ3n) is 5.30. The van der Waals surface area contributed by atoms with Crippen LogP contribution in [-0.4, -0.2) is 64.7 Å². The summed E-state index contributed by atoms with van der Waals surface area (Å²) < 4.78 is 31.9. The maximum atomic E-state index is 12.6. The van der Waals surface area contributed by atoms with Gasteiger partial charge in [0.2, 0.25) is 21.1 Å². The van der Waals surface area contributed by atoms with Crippen LogP contribution in [0.3, 0.4) is 0 Å². The first-order valence-corrected chi connectivity index (χ1v) is 13.5. The summed E-state index contributed by atoms with van der Waals surface area (Å²) in [5.41, 5.74) is 2.15. The number of fused-ring (bicyclic) bond motifs is 3. The number of anilines is 1. The van der Waals surface area contributed by atoms with Crippen LogP contribution >= 0.6 is 23.4 Å². The molecule has 0 atom stereocenters. The monoisotopic (exact) mass is 534 g/mol. The molecule has 184 valence electrons. The lowest BCUT2D eigenvalue weighted by Gasteiger charge is -2.18. The number of thioether (sulfide) groups is 1. The number of methoxy groups -OCH3 is 1. The largest absolute Gasteiger partial charge is 0.495 e. The number of ether oxygens (including phenoxy) is 1. The zero-order valence-electron chi connectivity index (χ0n) is 19.2. The summed E-state index contributed by atoms with van der Waals surface area (Å²) in [4.78, 5) is 20.2. The molecule has 13 heteroatoms. The van der Waals surface area contributed by atoms with Crippen molar-refractivity contribution < 1.29 is 17.9 Å². The van der Waals surface area contributed by atoms with Crippen molar-refractivity contribution in [3.8, 4) is 5.75 Å². The third kappa shape index (κ3) is 5.06. The molecule has 0 saturated heterocycles. The number of hydrogen-bond donors (Lipinski definition) is 2. The predicted molar refractivity (Wildman–Crippen MR) is 137 cm³/mol. The molecule has 1 amide bonds. The Labute approximate surface area is 211 Å². The number of sulfonamides is 1. The van der Waals surface area contributed by atoms with Crippen molar-refractivity contribution in [2.24, 2.45) is 0 Å². The van der Waals surface area contributed by atoms with E-state index in [0.29, 0.717) is 56.8 Å². The minimum absolute atomic E-state index is 0.0387. The Morgan fingerprint density at radius 2 is 1.86 bits per heavy atom. The van der Waals surface area contributed by atoms with Crippen LogP contribution in [0.1, 0.15) is 13.8 Å². The van der Waals surface area contributed by atoms with E-state index in [0.717, 1.165) is 11.8 Å². The lowest BCUT2D eigenvalue weighted by atomic mass is 10.2. The van der Waals surface area contributed by atoms with Crippen LogP contribution in [0.5, 0.6) is 5.75 Å². The van der Waals surface area contributed by atoms with Crippen molar-refractivity contribution in [3.05, 3.63) is 41.4 Å². The highest BCUT2D eigenvalue weighted by molar-refractivity contribution is 7.99. The summed E-state index contributed by atoms with van der Waals surface area (Å²) in [6.45, 7) is 4.34.